The van der Waals surface area contributed by atoms with Gasteiger partial charge in [0.15, 0.2) is 0 Å². The summed E-state index contributed by atoms with van der Waals surface area (Å²) in [5.74, 6) is -0.525. The fourth-order valence-electron chi connectivity index (χ4n) is 9.37. The monoisotopic (exact) mass is 1140 g/mol. The van der Waals surface area contributed by atoms with Crippen molar-refractivity contribution in [1.82, 2.24) is 5.32 Å². The van der Waals surface area contributed by atoms with Crippen LogP contribution in [0.4, 0.5) is 0 Å². The minimum atomic E-state index is -4.46. The largest absolute Gasteiger partial charge is 0.472 e. The van der Waals surface area contributed by atoms with Crippen LogP contribution < -0.4 is 5.32 Å². The second-order valence-electron chi connectivity index (χ2n) is 23.6. The summed E-state index contributed by atoms with van der Waals surface area (Å²) in [4.78, 5) is 37.8. The molecule has 1 amide bonds. The van der Waals surface area contributed by atoms with Crippen molar-refractivity contribution in [2.45, 2.75) is 309 Å². The van der Waals surface area contributed by atoms with Gasteiger partial charge in [-0.05, 0) is 109 Å². The molecule has 0 aromatic heterocycles. The van der Waals surface area contributed by atoms with E-state index in [9.17, 15) is 19.0 Å². The lowest BCUT2D eigenvalue weighted by molar-refractivity contribution is -0.870. The second kappa shape index (κ2) is 59.4. The maximum Gasteiger partial charge on any atom is 0.472 e. The second-order valence-corrected chi connectivity index (χ2v) is 25.1. The lowest BCUT2D eigenvalue weighted by atomic mass is 10.0. The zero-order valence-corrected chi connectivity index (χ0v) is 54.0. The lowest BCUT2D eigenvalue weighted by Gasteiger charge is -2.27. The number of hydrogen-bond donors (Lipinski definition) is 2. The number of carbonyl (C=O) groups is 2. The highest BCUT2D eigenvalue weighted by atomic mass is 31.2. The van der Waals surface area contributed by atoms with Crippen molar-refractivity contribution in [3.05, 3.63) is 85.1 Å². The van der Waals surface area contributed by atoms with Crippen molar-refractivity contribution in [1.29, 1.82) is 0 Å². The Bertz CT molecular complexity index is 1640. The number of hydrogen-bond acceptors (Lipinski definition) is 6. The number of rotatable bonds is 60. The summed E-state index contributed by atoms with van der Waals surface area (Å²) in [6.07, 6.45) is 78.6. The summed E-state index contributed by atoms with van der Waals surface area (Å²) in [5, 5.41) is 3.06. The molecule has 3 atom stereocenters. The van der Waals surface area contributed by atoms with E-state index in [1.54, 1.807) is 0 Å². The average Bonchev–Trinajstić information content (AvgIpc) is 3.42. The molecule has 2 N–H and O–H groups in total. The Morgan fingerprint density at radius 1 is 0.438 bits per heavy atom. The minimum Gasteiger partial charge on any atom is -0.456 e. The fourth-order valence-corrected chi connectivity index (χ4v) is 10.1. The smallest absolute Gasteiger partial charge is 0.456 e. The Morgan fingerprint density at radius 2 is 0.762 bits per heavy atom. The molecule has 0 aliphatic heterocycles. The molecular weight excluding hydrogens is 1010 g/mol. The number of phosphoric ester groups is 1. The molecule has 0 fully saturated rings. The number of phosphoric acid groups is 1. The van der Waals surface area contributed by atoms with E-state index in [2.05, 4.69) is 99.0 Å². The molecule has 10 heteroatoms. The van der Waals surface area contributed by atoms with Crippen molar-refractivity contribution < 1.29 is 37.3 Å². The van der Waals surface area contributed by atoms with Crippen molar-refractivity contribution in [3.8, 4) is 0 Å². The number of nitrogens with zero attached hydrogens (tertiary/aromatic N) is 1. The van der Waals surface area contributed by atoms with Crippen LogP contribution in [0.3, 0.4) is 0 Å². The quantitative estimate of drug-likeness (QED) is 0.0205. The zero-order valence-electron chi connectivity index (χ0n) is 53.1. The predicted molar refractivity (Wildman–Crippen MR) is 346 cm³/mol. The summed E-state index contributed by atoms with van der Waals surface area (Å²) in [7, 11) is 1.48. The van der Waals surface area contributed by atoms with Crippen molar-refractivity contribution in [2.24, 2.45) is 0 Å². The molecule has 80 heavy (non-hydrogen) atoms. The molecule has 0 spiro atoms. The van der Waals surface area contributed by atoms with Gasteiger partial charge < -0.3 is 19.4 Å². The maximum absolute atomic E-state index is 13.6. The standard InChI is InChI=1S/C70H127N2O7P/c1-7-10-13-16-19-22-25-28-30-32-34-36-38-40-42-44-47-50-53-56-59-62-69(73)71-67(66-78-80(75,76)77-65-64-72(4,5)6)68(61-58-55-52-49-46-27-24-21-18-15-12-9-3)79-70(74)63-60-57-54-51-48-45-43-41-39-37-35-33-31-29-26-23-20-17-14-11-8-2/h19-20,22-23,28-31,35,37,41,43,58,61,67-68H,7-18,21,24-27,32-34,36,38-40,42,44-57,59-60,62-66H2,1-6H3,(H-,71,73,75,76)/p+1/b22-19-,23-20-,30-28-,31-29-,37-35-,43-41-,61-58+. The molecule has 0 rings (SSSR count). The van der Waals surface area contributed by atoms with Gasteiger partial charge in [0.2, 0.25) is 5.91 Å². The Balaban J connectivity index is 5.21. The molecular formula is C70H128N2O7P+. The van der Waals surface area contributed by atoms with Crippen LogP contribution in [0.1, 0.15) is 297 Å². The molecule has 0 aliphatic rings. The van der Waals surface area contributed by atoms with E-state index in [1.807, 2.05) is 33.3 Å². The number of likely N-dealkylation sites (N-methyl/N-ethyl adjacent to an activating group) is 1. The number of allylic oxidation sites excluding steroid dienone is 13. The van der Waals surface area contributed by atoms with E-state index in [0.717, 1.165) is 96.3 Å². The summed E-state index contributed by atoms with van der Waals surface area (Å²) in [6.45, 7) is 6.96. The summed E-state index contributed by atoms with van der Waals surface area (Å²) < 4.78 is 30.8. The molecule has 9 nitrogen and oxygen atoms in total. The number of ether oxygens (including phenoxy) is 1. The van der Waals surface area contributed by atoms with Crippen LogP contribution in [-0.2, 0) is 27.9 Å². The number of nitrogens with one attached hydrogen (secondary N) is 1. The van der Waals surface area contributed by atoms with E-state index < -0.39 is 20.0 Å². The molecule has 0 heterocycles. The van der Waals surface area contributed by atoms with E-state index >= 15 is 0 Å². The Labute approximate surface area is 495 Å². The molecule has 464 valence electrons. The summed E-state index contributed by atoms with van der Waals surface area (Å²) in [5.41, 5.74) is 0. The number of amides is 1. The third-order valence-electron chi connectivity index (χ3n) is 14.6. The topological polar surface area (TPSA) is 111 Å². The van der Waals surface area contributed by atoms with Gasteiger partial charge >= 0.3 is 13.8 Å². The Hall–Kier alpha value is -2.81. The first-order valence-electron chi connectivity index (χ1n) is 33.4. The number of esters is 1. The first-order valence-corrected chi connectivity index (χ1v) is 34.9. The van der Waals surface area contributed by atoms with Crippen LogP contribution in [0.25, 0.3) is 0 Å². The van der Waals surface area contributed by atoms with E-state index in [4.69, 9.17) is 13.8 Å². The number of quaternary nitrogens is 1. The molecule has 3 unspecified atom stereocenters. The highest BCUT2D eigenvalue weighted by Gasteiger charge is 2.30. The Morgan fingerprint density at radius 3 is 1.16 bits per heavy atom. The average molecular weight is 1140 g/mol. The van der Waals surface area contributed by atoms with Crippen LogP contribution in [0.15, 0.2) is 85.1 Å². The van der Waals surface area contributed by atoms with Crippen LogP contribution in [0.2, 0.25) is 0 Å². The molecule has 0 saturated carbocycles. The molecule has 0 aromatic carbocycles. The van der Waals surface area contributed by atoms with Gasteiger partial charge in [0.25, 0.3) is 0 Å². The van der Waals surface area contributed by atoms with Gasteiger partial charge in [0, 0.05) is 12.8 Å². The van der Waals surface area contributed by atoms with Crippen LogP contribution >= 0.6 is 7.82 Å². The van der Waals surface area contributed by atoms with E-state index in [-0.39, 0.29) is 31.5 Å². The van der Waals surface area contributed by atoms with E-state index in [1.165, 1.54) is 161 Å². The van der Waals surface area contributed by atoms with Crippen LogP contribution in [0.5, 0.6) is 0 Å². The minimum absolute atomic E-state index is 0.0337. The summed E-state index contributed by atoms with van der Waals surface area (Å²) >= 11 is 0. The van der Waals surface area contributed by atoms with E-state index in [0.29, 0.717) is 23.9 Å². The van der Waals surface area contributed by atoms with Crippen LogP contribution in [-0.4, -0.2) is 74.3 Å². The summed E-state index contributed by atoms with van der Waals surface area (Å²) in [6, 6.07) is -0.862. The molecule has 0 saturated heterocycles. The van der Waals surface area contributed by atoms with Gasteiger partial charge in [-0.25, -0.2) is 4.57 Å². The van der Waals surface area contributed by atoms with Gasteiger partial charge in [-0.3, -0.25) is 18.6 Å². The third-order valence-corrected chi connectivity index (χ3v) is 15.5. The van der Waals surface area contributed by atoms with Gasteiger partial charge in [-0.2, -0.15) is 0 Å². The SMILES string of the molecule is CCCCC/C=C\C/C=C\C/C=C\C/C=C\CCCCCCCC(=O)OC(/C=C/CCCCCCCCCCCC)C(COP(=O)(O)OCC[N+](C)(C)C)NC(=O)CCCCCCCCCCCCC/C=C\C/C=C\CCCCC. The zero-order chi connectivity index (χ0) is 58.6. The molecule has 0 aliphatic carbocycles. The normalized spacial score (nSPS) is 14.1. The van der Waals surface area contributed by atoms with Crippen molar-refractivity contribution in [2.75, 3.05) is 40.9 Å². The van der Waals surface area contributed by atoms with Gasteiger partial charge in [-0.1, -0.05) is 260 Å². The first kappa shape index (κ1) is 77.2. The molecule has 0 radical (unpaired) electrons. The maximum atomic E-state index is 13.6. The number of carbonyl (C=O) groups excluding carboxylic acids is 2. The fraction of sp³-hybridized carbons (Fsp3) is 0.771. The highest BCUT2D eigenvalue weighted by Crippen LogP contribution is 2.43. The number of unbranched alkanes of at least 4 members (excludes halogenated alkanes) is 32. The first-order chi connectivity index (χ1) is 38.9. The van der Waals surface area contributed by atoms with Crippen molar-refractivity contribution >= 4 is 19.7 Å². The molecule has 0 bridgehead atoms. The Kier molecular flexibility index (Phi) is 57.3. The molecule has 0 aromatic rings. The third kappa shape index (κ3) is 59.8. The van der Waals surface area contributed by atoms with Gasteiger partial charge in [-0.15, -0.1) is 0 Å². The predicted octanol–water partition coefficient (Wildman–Crippen LogP) is 21.0. The van der Waals surface area contributed by atoms with Gasteiger partial charge in [0.1, 0.15) is 19.3 Å². The van der Waals surface area contributed by atoms with Gasteiger partial charge in [0.05, 0.1) is 33.8 Å². The lowest BCUT2D eigenvalue weighted by Crippen LogP contribution is -2.47. The van der Waals surface area contributed by atoms with Crippen LogP contribution in [0, 0.1) is 0 Å². The van der Waals surface area contributed by atoms with Crippen molar-refractivity contribution in [3.63, 3.8) is 0 Å². The highest BCUT2D eigenvalue weighted by molar-refractivity contribution is 7.47.